The van der Waals surface area contributed by atoms with Gasteiger partial charge in [-0.25, -0.2) is 8.78 Å². The number of hydrogen-bond donors (Lipinski definition) is 2. The molecular formula is C14H9F2N5O. The highest BCUT2D eigenvalue weighted by molar-refractivity contribution is 6.04. The van der Waals surface area contributed by atoms with Gasteiger partial charge in [-0.05, 0) is 47.7 Å². The number of H-pyrrole nitrogens is 1. The van der Waals surface area contributed by atoms with Gasteiger partial charge in [0.05, 0.1) is 0 Å². The minimum atomic E-state index is -1.07. The topological polar surface area (TPSA) is 83.6 Å². The molecule has 0 saturated heterocycles. The van der Waals surface area contributed by atoms with Gasteiger partial charge in [-0.3, -0.25) is 4.79 Å². The maximum atomic E-state index is 13.1. The fourth-order valence-corrected chi connectivity index (χ4v) is 1.83. The Morgan fingerprint density at radius 2 is 1.82 bits per heavy atom. The molecule has 1 aromatic heterocycles. The molecule has 8 heteroatoms. The Morgan fingerprint density at radius 3 is 2.45 bits per heavy atom. The van der Waals surface area contributed by atoms with Gasteiger partial charge in [-0.2, -0.15) is 5.21 Å². The lowest BCUT2D eigenvalue weighted by atomic mass is 10.1. The summed E-state index contributed by atoms with van der Waals surface area (Å²) in [6.45, 7) is 0. The van der Waals surface area contributed by atoms with Crippen molar-refractivity contribution in [2.24, 2.45) is 0 Å². The summed E-state index contributed by atoms with van der Waals surface area (Å²) in [6, 6.07) is 9.65. The summed E-state index contributed by atoms with van der Waals surface area (Å²) in [5, 5.41) is 16.0. The summed E-state index contributed by atoms with van der Waals surface area (Å²) in [5.74, 6) is -2.18. The van der Waals surface area contributed by atoms with E-state index in [9.17, 15) is 13.6 Å². The van der Waals surface area contributed by atoms with E-state index in [1.807, 2.05) is 0 Å². The molecule has 0 bridgehead atoms. The lowest BCUT2D eigenvalue weighted by Gasteiger charge is -2.06. The number of amides is 1. The standard InChI is InChI=1S/C14H9F2N5O/c15-11-6-3-9(7-12(11)16)14(22)17-10-4-1-8(2-5-10)13-18-20-21-19-13/h1-7H,(H,17,22)(H,18,19,20,21). The van der Waals surface area contributed by atoms with E-state index in [0.717, 1.165) is 17.7 Å². The van der Waals surface area contributed by atoms with Crippen LogP contribution in [0.4, 0.5) is 14.5 Å². The number of anilines is 1. The zero-order valence-electron chi connectivity index (χ0n) is 11.0. The molecule has 2 N–H and O–H groups in total. The second-order valence-corrected chi connectivity index (χ2v) is 4.40. The van der Waals surface area contributed by atoms with Crippen LogP contribution in [0.5, 0.6) is 0 Å². The maximum absolute atomic E-state index is 13.1. The predicted molar refractivity (Wildman–Crippen MR) is 73.9 cm³/mol. The molecule has 0 saturated carbocycles. The lowest BCUT2D eigenvalue weighted by Crippen LogP contribution is -2.12. The first-order chi connectivity index (χ1) is 10.6. The van der Waals surface area contributed by atoms with E-state index < -0.39 is 17.5 Å². The Labute approximate surface area is 123 Å². The van der Waals surface area contributed by atoms with Crippen LogP contribution in [0.1, 0.15) is 10.4 Å². The Hall–Kier alpha value is -3.16. The molecule has 0 aliphatic heterocycles. The van der Waals surface area contributed by atoms with Gasteiger partial charge in [0, 0.05) is 16.8 Å². The highest BCUT2D eigenvalue weighted by Crippen LogP contribution is 2.18. The molecule has 2 aromatic carbocycles. The van der Waals surface area contributed by atoms with Gasteiger partial charge in [0.15, 0.2) is 11.6 Å². The molecule has 22 heavy (non-hydrogen) atoms. The second-order valence-electron chi connectivity index (χ2n) is 4.40. The van der Waals surface area contributed by atoms with Crippen LogP contribution in [0.25, 0.3) is 11.4 Å². The van der Waals surface area contributed by atoms with Crippen LogP contribution in [0.3, 0.4) is 0 Å². The smallest absolute Gasteiger partial charge is 0.255 e. The summed E-state index contributed by atoms with van der Waals surface area (Å²) in [7, 11) is 0. The van der Waals surface area contributed by atoms with Crippen LogP contribution in [0.15, 0.2) is 42.5 Å². The number of benzene rings is 2. The number of tetrazole rings is 1. The highest BCUT2D eigenvalue weighted by atomic mass is 19.2. The fraction of sp³-hybridized carbons (Fsp3) is 0. The Morgan fingerprint density at radius 1 is 1.05 bits per heavy atom. The van der Waals surface area contributed by atoms with Crippen molar-refractivity contribution in [3.63, 3.8) is 0 Å². The van der Waals surface area contributed by atoms with E-state index in [1.54, 1.807) is 24.3 Å². The van der Waals surface area contributed by atoms with E-state index in [4.69, 9.17) is 0 Å². The zero-order chi connectivity index (χ0) is 15.5. The van der Waals surface area contributed by atoms with E-state index in [0.29, 0.717) is 11.5 Å². The first kappa shape index (κ1) is 13.8. The van der Waals surface area contributed by atoms with E-state index in [2.05, 4.69) is 25.9 Å². The van der Waals surface area contributed by atoms with Gasteiger partial charge >= 0.3 is 0 Å². The Bertz CT molecular complexity index is 803. The van der Waals surface area contributed by atoms with Gasteiger partial charge in [0.25, 0.3) is 5.91 Å². The van der Waals surface area contributed by atoms with Gasteiger partial charge in [0.1, 0.15) is 0 Å². The monoisotopic (exact) mass is 301 g/mol. The van der Waals surface area contributed by atoms with Gasteiger partial charge in [-0.1, -0.05) is 0 Å². The van der Waals surface area contributed by atoms with Crippen molar-refractivity contribution >= 4 is 11.6 Å². The van der Waals surface area contributed by atoms with Crippen LogP contribution in [-0.4, -0.2) is 26.5 Å². The van der Waals surface area contributed by atoms with Crippen molar-refractivity contribution < 1.29 is 13.6 Å². The number of nitrogens with zero attached hydrogens (tertiary/aromatic N) is 3. The first-order valence-corrected chi connectivity index (χ1v) is 6.24. The van der Waals surface area contributed by atoms with Crippen molar-refractivity contribution in [1.29, 1.82) is 0 Å². The summed E-state index contributed by atoms with van der Waals surface area (Å²) >= 11 is 0. The number of halogens is 2. The van der Waals surface area contributed by atoms with Crippen molar-refractivity contribution in [2.45, 2.75) is 0 Å². The van der Waals surface area contributed by atoms with Crippen molar-refractivity contribution in [1.82, 2.24) is 20.6 Å². The summed E-state index contributed by atoms with van der Waals surface area (Å²) in [5.41, 5.74) is 1.25. The number of aromatic nitrogens is 4. The minimum absolute atomic E-state index is 0.0288. The van der Waals surface area contributed by atoms with Crippen LogP contribution in [0.2, 0.25) is 0 Å². The van der Waals surface area contributed by atoms with Gasteiger partial charge in [-0.15, -0.1) is 10.2 Å². The van der Waals surface area contributed by atoms with Crippen molar-refractivity contribution in [2.75, 3.05) is 5.32 Å². The van der Waals surface area contributed by atoms with Crippen molar-refractivity contribution in [3.05, 3.63) is 59.7 Å². The number of carbonyl (C=O) groups excluding carboxylic acids is 1. The molecule has 0 aliphatic rings. The third-order valence-corrected chi connectivity index (χ3v) is 2.93. The van der Waals surface area contributed by atoms with Gasteiger partial charge < -0.3 is 5.32 Å². The van der Waals surface area contributed by atoms with Crippen LogP contribution >= 0.6 is 0 Å². The van der Waals surface area contributed by atoms with Crippen LogP contribution in [0, 0.1) is 11.6 Å². The zero-order valence-corrected chi connectivity index (χ0v) is 11.0. The molecule has 0 radical (unpaired) electrons. The number of aromatic amines is 1. The quantitative estimate of drug-likeness (QED) is 0.778. The average molecular weight is 301 g/mol. The average Bonchev–Trinajstić information content (AvgIpc) is 3.05. The molecule has 110 valence electrons. The Balaban J connectivity index is 1.75. The molecule has 6 nitrogen and oxygen atoms in total. The summed E-state index contributed by atoms with van der Waals surface area (Å²) in [4.78, 5) is 12.0. The van der Waals surface area contributed by atoms with E-state index in [-0.39, 0.29) is 5.56 Å². The maximum Gasteiger partial charge on any atom is 0.255 e. The number of hydrogen-bond acceptors (Lipinski definition) is 4. The van der Waals surface area contributed by atoms with Crippen LogP contribution in [-0.2, 0) is 0 Å². The van der Waals surface area contributed by atoms with Gasteiger partial charge in [0.2, 0.25) is 5.82 Å². The third kappa shape index (κ3) is 2.80. The molecule has 0 unspecified atom stereocenters. The molecule has 3 aromatic rings. The number of rotatable bonds is 3. The minimum Gasteiger partial charge on any atom is -0.322 e. The van der Waals surface area contributed by atoms with Crippen LogP contribution < -0.4 is 5.32 Å². The predicted octanol–water partition coefficient (Wildman–Crippen LogP) is 2.40. The number of carbonyl (C=O) groups is 1. The highest BCUT2D eigenvalue weighted by Gasteiger charge is 2.10. The number of nitrogens with one attached hydrogen (secondary N) is 2. The fourth-order valence-electron chi connectivity index (χ4n) is 1.83. The summed E-state index contributed by atoms with van der Waals surface area (Å²) < 4.78 is 26.0. The summed E-state index contributed by atoms with van der Waals surface area (Å²) in [6.07, 6.45) is 0. The molecule has 3 rings (SSSR count). The molecule has 0 fully saturated rings. The normalized spacial score (nSPS) is 10.5. The first-order valence-electron chi connectivity index (χ1n) is 6.24. The largest absolute Gasteiger partial charge is 0.322 e. The second kappa shape index (κ2) is 5.68. The van der Waals surface area contributed by atoms with E-state index in [1.165, 1.54) is 6.07 Å². The molecule has 1 amide bonds. The third-order valence-electron chi connectivity index (χ3n) is 2.93. The van der Waals surface area contributed by atoms with E-state index >= 15 is 0 Å². The Kier molecular flexibility index (Phi) is 3.57. The van der Waals surface area contributed by atoms with Crippen molar-refractivity contribution in [3.8, 4) is 11.4 Å². The lowest BCUT2D eigenvalue weighted by molar-refractivity contribution is 0.102. The molecule has 1 heterocycles. The molecule has 0 atom stereocenters. The molecule has 0 aliphatic carbocycles. The molecular weight excluding hydrogens is 292 g/mol. The SMILES string of the molecule is O=C(Nc1ccc(-c2nn[nH]n2)cc1)c1ccc(F)c(F)c1. The molecule has 0 spiro atoms.